The van der Waals surface area contributed by atoms with Crippen molar-refractivity contribution in [1.82, 2.24) is 14.8 Å². The van der Waals surface area contributed by atoms with Gasteiger partial charge in [0.15, 0.2) is 0 Å². The summed E-state index contributed by atoms with van der Waals surface area (Å²) < 4.78 is 1.16. The predicted molar refractivity (Wildman–Crippen MR) is 60.1 cm³/mol. The van der Waals surface area contributed by atoms with Crippen LogP contribution < -0.4 is 5.73 Å². The second-order valence-electron chi connectivity index (χ2n) is 3.59. The molecule has 0 radical (unpaired) electrons. The fourth-order valence-corrected chi connectivity index (χ4v) is 1.45. The molecule has 0 aromatic carbocycles. The van der Waals surface area contributed by atoms with E-state index in [9.17, 15) is 4.79 Å². The van der Waals surface area contributed by atoms with Gasteiger partial charge in [-0.15, -0.1) is 0 Å². The Bertz CT molecular complexity index is 545. The molecule has 0 aliphatic heterocycles. The number of pyridine rings is 1. The zero-order chi connectivity index (χ0) is 11.7. The third-order valence-electron chi connectivity index (χ3n) is 2.16. The Balaban J connectivity index is 2.43. The van der Waals surface area contributed by atoms with Crippen molar-refractivity contribution in [2.45, 2.75) is 13.8 Å². The molecule has 82 valence electrons. The van der Waals surface area contributed by atoms with Gasteiger partial charge in [0.05, 0.1) is 5.69 Å². The van der Waals surface area contributed by atoms with E-state index in [1.807, 2.05) is 13.0 Å². The van der Waals surface area contributed by atoms with E-state index in [0.29, 0.717) is 17.2 Å². The highest BCUT2D eigenvalue weighted by Gasteiger charge is 2.14. The van der Waals surface area contributed by atoms with E-state index >= 15 is 0 Å². The first-order valence-electron chi connectivity index (χ1n) is 4.88. The van der Waals surface area contributed by atoms with Crippen LogP contribution in [0.1, 0.15) is 21.9 Å². The Kier molecular flexibility index (Phi) is 2.44. The Morgan fingerprint density at radius 2 is 2.06 bits per heavy atom. The first kappa shape index (κ1) is 10.4. The first-order chi connectivity index (χ1) is 7.58. The summed E-state index contributed by atoms with van der Waals surface area (Å²) in [5, 5.41) is 4.02. The summed E-state index contributed by atoms with van der Waals surface area (Å²) in [6.07, 6.45) is 0. The molecule has 0 saturated carbocycles. The topological polar surface area (TPSA) is 73.8 Å². The van der Waals surface area contributed by atoms with Crippen LogP contribution >= 0.6 is 0 Å². The van der Waals surface area contributed by atoms with Crippen LogP contribution in [-0.2, 0) is 0 Å². The molecule has 0 bridgehead atoms. The number of hydrogen-bond donors (Lipinski definition) is 1. The zero-order valence-electron chi connectivity index (χ0n) is 9.14. The van der Waals surface area contributed by atoms with Crippen LogP contribution in [0.2, 0.25) is 0 Å². The van der Waals surface area contributed by atoms with E-state index < -0.39 is 0 Å². The van der Waals surface area contributed by atoms with E-state index in [2.05, 4.69) is 10.1 Å². The lowest BCUT2D eigenvalue weighted by molar-refractivity contribution is 0.0942. The van der Waals surface area contributed by atoms with Crippen LogP contribution in [-0.4, -0.2) is 20.7 Å². The molecular formula is C11H12N4O. The number of carbonyl (C=O) groups is 1. The molecule has 2 rings (SSSR count). The van der Waals surface area contributed by atoms with Gasteiger partial charge in [-0.2, -0.15) is 9.78 Å². The standard InChI is InChI=1S/C11H12N4O/c1-7-4-3-5-9(13-7)11(16)15-10(12)6-8(2)14-15/h3-6H,12H2,1-2H3. The molecule has 2 N–H and O–H groups in total. The van der Waals surface area contributed by atoms with Crippen molar-refractivity contribution in [2.75, 3.05) is 5.73 Å². The highest BCUT2D eigenvalue weighted by atomic mass is 16.2. The van der Waals surface area contributed by atoms with Crippen LogP contribution in [0.4, 0.5) is 5.82 Å². The Labute approximate surface area is 92.9 Å². The molecule has 2 heterocycles. The van der Waals surface area contributed by atoms with Crippen molar-refractivity contribution in [3.05, 3.63) is 41.3 Å². The van der Waals surface area contributed by atoms with Gasteiger partial charge in [-0.3, -0.25) is 4.79 Å². The van der Waals surface area contributed by atoms with Crippen LogP contribution in [0.3, 0.4) is 0 Å². The van der Waals surface area contributed by atoms with E-state index in [1.54, 1.807) is 25.1 Å². The normalized spacial score (nSPS) is 10.4. The van der Waals surface area contributed by atoms with Gasteiger partial charge >= 0.3 is 0 Å². The van der Waals surface area contributed by atoms with Gasteiger partial charge in [-0.1, -0.05) is 6.07 Å². The maximum Gasteiger partial charge on any atom is 0.298 e. The third kappa shape index (κ3) is 1.79. The highest BCUT2D eigenvalue weighted by Crippen LogP contribution is 2.08. The first-order valence-corrected chi connectivity index (χ1v) is 4.88. The summed E-state index contributed by atoms with van der Waals surface area (Å²) in [5.74, 6) is 0.0140. The Morgan fingerprint density at radius 3 is 2.62 bits per heavy atom. The molecule has 0 saturated heterocycles. The summed E-state index contributed by atoms with van der Waals surface area (Å²) in [5.41, 5.74) is 7.50. The monoisotopic (exact) mass is 216 g/mol. The minimum Gasteiger partial charge on any atom is -0.383 e. The summed E-state index contributed by atoms with van der Waals surface area (Å²) in [7, 11) is 0. The molecule has 0 aliphatic rings. The summed E-state index contributed by atoms with van der Waals surface area (Å²) >= 11 is 0. The molecule has 16 heavy (non-hydrogen) atoms. The van der Waals surface area contributed by atoms with E-state index in [1.165, 1.54) is 0 Å². The van der Waals surface area contributed by atoms with E-state index in [0.717, 1.165) is 10.4 Å². The number of aryl methyl sites for hydroxylation is 2. The molecular weight excluding hydrogens is 204 g/mol. The number of aromatic nitrogens is 3. The average Bonchev–Trinajstić information content (AvgIpc) is 2.57. The fraction of sp³-hybridized carbons (Fsp3) is 0.182. The average molecular weight is 216 g/mol. The highest BCUT2D eigenvalue weighted by molar-refractivity contribution is 5.95. The number of nitrogen functional groups attached to an aromatic ring is 1. The maximum atomic E-state index is 12.0. The Hall–Kier alpha value is -2.17. The lowest BCUT2D eigenvalue weighted by Gasteiger charge is -2.02. The minimum absolute atomic E-state index is 0.311. The van der Waals surface area contributed by atoms with Gasteiger partial charge in [0.2, 0.25) is 0 Å². The number of rotatable bonds is 1. The van der Waals surface area contributed by atoms with Gasteiger partial charge in [-0.05, 0) is 26.0 Å². The third-order valence-corrected chi connectivity index (χ3v) is 2.16. The quantitative estimate of drug-likeness (QED) is 0.776. The molecule has 5 heteroatoms. The van der Waals surface area contributed by atoms with E-state index in [-0.39, 0.29) is 5.91 Å². The summed E-state index contributed by atoms with van der Waals surface area (Å²) in [6.45, 7) is 3.61. The van der Waals surface area contributed by atoms with Crippen LogP contribution in [0.5, 0.6) is 0 Å². The molecule has 5 nitrogen and oxygen atoms in total. The van der Waals surface area contributed by atoms with Crippen molar-refractivity contribution in [3.63, 3.8) is 0 Å². The smallest absolute Gasteiger partial charge is 0.298 e. The number of carbonyl (C=O) groups excluding carboxylic acids is 1. The van der Waals surface area contributed by atoms with Gasteiger partial charge in [0.25, 0.3) is 5.91 Å². The minimum atomic E-state index is -0.311. The number of nitrogens with zero attached hydrogens (tertiary/aromatic N) is 3. The van der Waals surface area contributed by atoms with E-state index in [4.69, 9.17) is 5.73 Å². The summed E-state index contributed by atoms with van der Waals surface area (Å²) in [6, 6.07) is 6.90. The van der Waals surface area contributed by atoms with Gasteiger partial charge in [-0.25, -0.2) is 4.98 Å². The number of anilines is 1. The van der Waals surface area contributed by atoms with Crippen LogP contribution in [0.25, 0.3) is 0 Å². The fourth-order valence-electron chi connectivity index (χ4n) is 1.45. The maximum absolute atomic E-state index is 12.0. The second kappa shape index (κ2) is 3.77. The molecule has 0 atom stereocenters. The van der Waals surface area contributed by atoms with Crippen LogP contribution in [0.15, 0.2) is 24.3 Å². The van der Waals surface area contributed by atoms with Crippen molar-refractivity contribution in [3.8, 4) is 0 Å². The van der Waals surface area contributed by atoms with Crippen molar-refractivity contribution in [2.24, 2.45) is 0 Å². The lowest BCUT2D eigenvalue weighted by atomic mass is 10.3. The molecule has 0 fully saturated rings. The molecule has 0 aliphatic carbocycles. The molecule has 2 aromatic heterocycles. The lowest BCUT2D eigenvalue weighted by Crippen LogP contribution is -2.17. The predicted octanol–water partition coefficient (Wildman–Crippen LogP) is 1.17. The zero-order valence-corrected chi connectivity index (χ0v) is 9.14. The molecule has 2 aromatic rings. The van der Waals surface area contributed by atoms with Crippen molar-refractivity contribution >= 4 is 11.7 Å². The van der Waals surface area contributed by atoms with Crippen molar-refractivity contribution < 1.29 is 4.79 Å². The molecule has 0 spiro atoms. The molecule has 0 amide bonds. The SMILES string of the molecule is Cc1cccc(C(=O)n2nc(C)cc2N)n1. The van der Waals surface area contributed by atoms with Crippen molar-refractivity contribution in [1.29, 1.82) is 0 Å². The van der Waals surface area contributed by atoms with Gasteiger partial charge in [0.1, 0.15) is 11.5 Å². The van der Waals surface area contributed by atoms with Crippen LogP contribution in [0, 0.1) is 13.8 Å². The second-order valence-corrected chi connectivity index (χ2v) is 3.59. The Morgan fingerprint density at radius 1 is 1.31 bits per heavy atom. The number of nitrogens with two attached hydrogens (primary N) is 1. The van der Waals surface area contributed by atoms with Gasteiger partial charge < -0.3 is 5.73 Å². The van der Waals surface area contributed by atoms with Gasteiger partial charge in [0, 0.05) is 11.8 Å². The number of hydrogen-bond acceptors (Lipinski definition) is 4. The summed E-state index contributed by atoms with van der Waals surface area (Å²) in [4.78, 5) is 16.1. The largest absolute Gasteiger partial charge is 0.383 e. The molecule has 0 unspecified atom stereocenters.